The molecule has 0 spiro atoms. The second-order valence-electron chi connectivity index (χ2n) is 6.26. The molecule has 1 fully saturated rings. The van der Waals surface area contributed by atoms with E-state index in [0.29, 0.717) is 5.75 Å². The number of hydrogen-bond acceptors (Lipinski definition) is 3. The van der Waals surface area contributed by atoms with Gasteiger partial charge in [-0.3, -0.25) is 0 Å². The highest BCUT2D eigenvalue weighted by Crippen LogP contribution is 2.39. The third kappa shape index (κ3) is 3.41. The summed E-state index contributed by atoms with van der Waals surface area (Å²) >= 11 is 0. The molecular formula is C16H26N2O. The molecule has 106 valence electrons. The topological polar surface area (TPSA) is 49.5 Å². The number of rotatable bonds is 4. The molecule has 0 aromatic heterocycles. The SMILES string of the molecule is CC1CCC(CN)(CN(C)c2ccc(O)cc2)CC1. The van der Waals surface area contributed by atoms with Gasteiger partial charge in [0.05, 0.1) is 0 Å². The number of nitrogens with zero attached hydrogens (tertiary/aromatic N) is 1. The summed E-state index contributed by atoms with van der Waals surface area (Å²) in [6, 6.07) is 7.41. The lowest BCUT2D eigenvalue weighted by molar-refractivity contribution is 0.171. The average molecular weight is 262 g/mol. The normalized spacial score (nSPS) is 27.2. The van der Waals surface area contributed by atoms with Crippen LogP contribution in [0.3, 0.4) is 0 Å². The van der Waals surface area contributed by atoms with Crippen LogP contribution in [0.2, 0.25) is 0 Å². The minimum Gasteiger partial charge on any atom is -0.508 e. The fourth-order valence-corrected chi connectivity index (χ4v) is 3.10. The molecule has 2 rings (SSSR count). The van der Waals surface area contributed by atoms with Gasteiger partial charge in [0.1, 0.15) is 5.75 Å². The van der Waals surface area contributed by atoms with Crippen molar-refractivity contribution in [2.24, 2.45) is 17.1 Å². The highest BCUT2D eigenvalue weighted by molar-refractivity contribution is 5.48. The van der Waals surface area contributed by atoms with E-state index < -0.39 is 0 Å². The van der Waals surface area contributed by atoms with Crippen molar-refractivity contribution in [1.82, 2.24) is 0 Å². The minimum absolute atomic E-state index is 0.263. The lowest BCUT2D eigenvalue weighted by atomic mass is 9.70. The highest BCUT2D eigenvalue weighted by atomic mass is 16.3. The number of aromatic hydroxyl groups is 1. The molecule has 19 heavy (non-hydrogen) atoms. The Hall–Kier alpha value is -1.22. The van der Waals surface area contributed by atoms with Gasteiger partial charge in [-0.05, 0) is 49.6 Å². The van der Waals surface area contributed by atoms with E-state index in [1.54, 1.807) is 12.1 Å². The molecule has 3 heteroatoms. The van der Waals surface area contributed by atoms with Crippen LogP contribution in [0.15, 0.2) is 24.3 Å². The maximum atomic E-state index is 9.35. The van der Waals surface area contributed by atoms with E-state index in [4.69, 9.17) is 5.73 Å². The number of nitrogens with two attached hydrogens (primary N) is 1. The Labute approximate surface area is 116 Å². The van der Waals surface area contributed by atoms with Crippen LogP contribution in [-0.2, 0) is 0 Å². The van der Waals surface area contributed by atoms with Gasteiger partial charge < -0.3 is 15.7 Å². The van der Waals surface area contributed by atoms with E-state index in [1.165, 1.54) is 25.7 Å². The van der Waals surface area contributed by atoms with Crippen LogP contribution >= 0.6 is 0 Å². The van der Waals surface area contributed by atoms with Gasteiger partial charge in [0, 0.05) is 24.7 Å². The van der Waals surface area contributed by atoms with Gasteiger partial charge in [0.2, 0.25) is 0 Å². The fraction of sp³-hybridized carbons (Fsp3) is 0.625. The summed E-state index contributed by atoms with van der Waals surface area (Å²) in [4.78, 5) is 2.27. The number of hydrogen-bond donors (Lipinski definition) is 2. The van der Waals surface area contributed by atoms with E-state index >= 15 is 0 Å². The quantitative estimate of drug-likeness (QED) is 0.877. The Morgan fingerprint density at radius 1 is 1.26 bits per heavy atom. The summed E-state index contributed by atoms with van der Waals surface area (Å²) in [5.41, 5.74) is 7.47. The Morgan fingerprint density at radius 3 is 2.37 bits per heavy atom. The van der Waals surface area contributed by atoms with Crippen LogP contribution in [0.25, 0.3) is 0 Å². The van der Waals surface area contributed by atoms with Crippen molar-refractivity contribution in [3.05, 3.63) is 24.3 Å². The Morgan fingerprint density at radius 2 is 1.84 bits per heavy atom. The molecule has 3 N–H and O–H groups in total. The average Bonchev–Trinajstić information content (AvgIpc) is 2.42. The first-order chi connectivity index (χ1) is 9.04. The van der Waals surface area contributed by atoms with Crippen LogP contribution in [0.5, 0.6) is 5.75 Å². The van der Waals surface area contributed by atoms with Gasteiger partial charge in [-0.2, -0.15) is 0 Å². The molecule has 0 saturated heterocycles. The van der Waals surface area contributed by atoms with Crippen molar-refractivity contribution in [3.8, 4) is 5.75 Å². The van der Waals surface area contributed by atoms with Crippen LogP contribution in [0.1, 0.15) is 32.6 Å². The van der Waals surface area contributed by atoms with E-state index in [-0.39, 0.29) is 5.41 Å². The molecule has 1 saturated carbocycles. The van der Waals surface area contributed by atoms with Gasteiger partial charge in [0.25, 0.3) is 0 Å². The van der Waals surface area contributed by atoms with Gasteiger partial charge in [-0.1, -0.05) is 19.8 Å². The van der Waals surface area contributed by atoms with Gasteiger partial charge in [-0.15, -0.1) is 0 Å². The standard InChI is InChI=1S/C16H26N2O/c1-13-7-9-16(11-17,10-8-13)12-18(2)14-3-5-15(19)6-4-14/h3-6,13,19H,7-12,17H2,1-2H3. The lowest BCUT2D eigenvalue weighted by Gasteiger charge is -2.41. The first kappa shape index (κ1) is 14.2. The second-order valence-corrected chi connectivity index (χ2v) is 6.26. The molecule has 0 unspecified atom stereocenters. The first-order valence-electron chi connectivity index (χ1n) is 7.25. The van der Waals surface area contributed by atoms with E-state index in [9.17, 15) is 5.11 Å². The molecule has 0 radical (unpaired) electrons. The maximum Gasteiger partial charge on any atom is 0.115 e. The van der Waals surface area contributed by atoms with Crippen LogP contribution in [0, 0.1) is 11.3 Å². The summed E-state index contributed by atoms with van der Waals surface area (Å²) in [5.74, 6) is 1.16. The van der Waals surface area contributed by atoms with Gasteiger partial charge in [0.15, 0.2) is 0 Å². The summed E-state index contributed by atoms with van der Waals surface area (Å²) in [7, 11) is 2.11. The summed E-state index contributed by atoms with van der Waals surface area (Å²) < 4.78 is 0. The Kier molecular flexibility index (Phi) is 4.35. The molecule has 0 bridgehead atoms. The van der Waals surface area contributed by atoms with Crippen molar-refractivity contribution in [2.75, 3.05) is 25.0 Å². The fourth-order valence-electron chi connectivity index (χ4n) is 3.10. The van der Waals surface area contributed by atoms with Gasteiger partial charge >= 0.3 is 0 Å². The number of phenols is 1. The van der Waals surface area contributed by atoms with E-state index in [2.05, 4.69) is 18.9 Å². The predicted molar refractivity (Wildman–Crippen MR) is 80.5 cm³/mol. The molecule has 0 atom stereocenters. The first-order valence-corrected chi connectivity index (χ1v) is 7.25. The van der Waals surface area contributed by atoms with Gasteiger partial charge in [-0.25, -0.2) is 0 Å². The van der Waals surface area contributed by atoms with Crippen molar-refractivity contribution >= 4 is 5.69 Å². The molecule has 0 heterocycles. The maximum absolute atomic E-state index is 9.35. The molecule has 1 aromatic rings. The lowest BCUT2D eigenvalue weighted by Crippen LogP contribution is -2.43. The largest absolute Gasteiger partial charge is 0.508 e. The van der Waals surface area contributed by atoms with Crippen molar-refractivity contribution < 1.29 is 5.11 Å². The Balaban J connectivity index is 2.03. The summed E-state index contributed by atoms with van der Waals surface area (Å²) in [5, 5.41) is 9.35. The zero-order chi connectivity index (χ0) is 13.9. The van der Waals surface area contributed by atoms with Crippen LogP contribution in [0.4, 0.5) is 5.69 Å². The molecule has 3 nitrogen and oxygen atoms in total. The van der Waals surface area contributed by atoms with Crippen molar-refractivity contribution in [3.63, 3.8) is 0 Å². The van der Waals surface area contributed by atoms with E-state index in [1.807, 2.05) is 12.1 Å². The van der Waals surface area contributed by atoms with Crippen molar-refractivity contribution in [2.45, 2.75) is 32.6 Å². The number of phenolic OH excluding ortho intramolecular Hbond substituents is 1. The third-order valence-electron chi connectivity index (χ3n) is 4.63. The minimum atomic E-state index is 0.263. The monoisotopic (exact) mass is 262 g/mol. The molecular weight excluding hydrogens is 236 g/mol. The molecule has 0 amide bonds. The van der Waals surface area contributed by atoms with Crippen molar-refractivity contribution in [1.29, 1.82) is 0 Å². The second kappa shape index (κ2) is 5.83. The summed E-state index contributed by atoms with van der Waals surface area (Å²) in [6.45, 7) is 4.10. The zero-order valence-electron chi connectivity index (χ0n) is 12.1. The highest BCUT2D eigenvalue weighted by Gasteiger charge is 2.34. The zero-order valence-corrected chi connectivity index (χ0v) is 12.1. The molecule has 1 aliphatic carbocycles. The predicted octanol–water partition coefficient (Wildman–Crippen LogP) is 2.98. The van der Waals surface area contributed by atoms with Crippen LogP contribution in [-0.4, -0.2) is 25.2 Å². The number of benzene rings is 1. The van der Waals surface area contributed by atoms with Crippen LogP contribution < -0.4 is 10.6 Å². The molecule has 1 aromatic carbocycles. The molecule has 1 aliphatic rings. The smallest absolute Gasteiger partial charge is 0.115 e. The number of anilines is 1. The Bertz CT molecular complexity index is 394. The third-order valence-corrected chi connectivity index (χ3v) is 4.63. The molecule has 0 aliphatic heterocycles. The summed E-state index contributed by atoms with van der Waals surface area (Å²) in [6.07, 6.45) is 5.04. The van der Waals surface area contributed by atoms with E-state index in [0.717, 1.165) is 24.7 Å².